The van der Waals surface area contributed by atoms with E-state index >= 15 is 0 Å². The van der Waals surface area contributed by atoms with Gasteiger partial charge in [-0.25, -0.2) is 4.79 Å². The Morgan fingerprint density at radius 2 is 1.90 bits per heavy atom. The second-order valence-corrected chi connectivity index (χ2v) is 7.71. The highest BCUT2D eigenvalue weighted by Gasteiger charge is 2.19. The summed E-state index contributed by atoms with van der Waals surface area (Å²) < 4.78 is 11.1. The van der Waals surface area contributed by atoms with Crippen molar-refractivity contribution in [3.05, 3.63) is 83.4 Å². The largest absolute Gasteiger partial charge is 0.353 e. The van der Waals surface area contributed by atoms with Gasteiger partial charge in [-0.1, -0.05) is 60.7 Å². The molecule has 0 spiro atoms. The van der Waals surface area contributed by atoms with Gasteiger partial charge in [0.15, 0.2) is 6.29 Å². The molecule has 0 saturated carbocycles. The van der Waals surface area contributed by atoms with Crippen LogP contribution in [0.5, 0.6) is 0 Å². The molecule has 1 aliphatic heterocycles. The molecular weight excluding hydrogens is 388 g/mol. The maximum atomic E-state index is 12.5. The first kappa shape index (κ1) is 21.1. The molecule has 0 aliphatic carbocycles. The third-order valence-electron chi connectivity index (χ3n) is 5.41. The van der Waals surface area contributed by atoms with Gasteiger partial charge in [0.2, 0.25) is 0 Å². The summed E-state index contributed by atoms with van der Waals surface area (Å²) in [5.41, 5.74) is 4.13. The summed E-state index contributed by atoms with van der Waals surface area (Å²) in [5.74, 6) is 0. The van der Waals surface area contributed by atoms with Gasteiger partial charge in [-0.2, -0.15) is 0 Å². The van der Waals surface area contributed by atoms with Gasteiger partial charge in [-0.15, -0.1) is 0 Å². The van der Waals surface area contributed by atoms with Crippen LogP contribution in [0, 0.1) is 0 Å². The van der Waals surface area contributed by atoms with E-state index in [-0.39, 0.29) is 18.4 Å². The number of hydrogen-bond donors (Lipinski definition) is 2. The van der Waals surface area contributed by atoms with Crippen molar-refractivity contribution in [3.8, 4) is 0 Å². The van der Waals surface area contributed by atoms with E-state index in [1.807, 2.05) is 56.3 Å². The second kappa shape index (κ2) is 9.77. The van der Waals surface area contributed by atoms with Crippen LogP contribution in [0.25, 0.3) is 16.8 Å². The quantitative estimate of drug-likeness (QED) is 0.527. The molecule has 0 bridgehead atoms. The Labute approximate surface area is 183 Å². The highest BCUT2D eigenvalue weighted by atomic mass is 16.7. The minimum Gasteiger partial charge on any atom is -0.353 e. The molecule has 4 rings (SSSR count). The van der Waals surface area contributed by atoms with Crippen LogP contribution in [0.15, 0.2) is 72.3 Å². The standard InChI is InChI=1S/C26H28N2O3/c1-3-30-25-16-20(17-31-25)15-19-11-13-22(14-12-19)28-26(29)27-18(2)23-10-6-8-21-7-4-5-9-24(21)23/h4-15,18,25H,3,16-17H2,1-2H3,(H2,27,28,29)/b20-15-/t18-,25?/m1/s1. The van der Waals surface area contributed by atoms with Crippen molar-refractivity contribution in [1.82, 2.24) is 5.32 Å². The maximum absolute atomic E-state index is 12.5. The van der Waals surface area contributed by atoms with E-state index < -0.39 is 0 Å². The Hall–Kier alpha value is -3.15. The highest BCUT2D eigenvalue weighted by Crippen LogP contribution is 2.25. The van der Waals surface area contributed by atoms with Crippen molar-refractivity contribution in [3.63, 3.8) is 0 Å². The zero-order valence-corrected chi connectivity index (χ0v) is 17.9. The monoisotopic (exact) mass is 416 g/mol. The average Bonchev–Trinajstić information content (AvgIpc) is 3.21. The molecule has 1 heterocycles. The minimum absolute atomic E-state index is 0.115. The summed E-state index contributed by atoms with van der Waals surface area (Å²) in [6.07, 6.45) is 2.78. The fourth-order valence-corrected chi connectivity index (χ4v) is 3.89. The van der Waals surface area contributed by atoms with E-state index in [4.69, 9.17) is 9.47 Å². The smallest absolute Gasteiger partial charge is 0.319 e. The van der Waals surface area contributed by atoms with Gasteiger partial charge in [-0.05, 0) is 53.5 Å². The van der Waals surface area contributed by atoms with Gasteiger partial charge < -0.3 is 20.1 Å². The van der Waals surface area contributed by atoms with Crippen molar-refractivity contribution in [2.75, 3.05) is 18.5 Å². The molecule has 2 atom stereocenters. The summed E-state index contributed by atoms with van der Waals surface area (Å²) in [7, 11) is 0. The zero-order chi connectivity index (χ0) is 21.6. The predicted octanol–water partition coefficient (Wildman–Crippen LogP) is 5.89. The number of benzene rings is 3. The fraction of sp³-hybridized carbons (Fsp3) is 0.269. The normalized spacial score (nSPS) is 18.3. The number of carbonyl (C=O) groups is 1. The molecule has 31 heavy (non-hydrogen) atoms. The Balaban J connectivity index is 1.35. The van der Waals surface area contributed by atoms with E-state index in [0.717, 1.165) is 28.6 Å². The summed E-state index contributed by atoms with van der Waals surface area (Å²) >= 11 is 0. The van der Waals surface area contributed by atoms with Crippen LogP contribution in [-0.4, -0.2) is 25.5 Å². The number of amides is 2. The van der Waals surface area contributed by atoms with Gasteiger partial charge in [0.1, 0.15) is 0 Å². The Morgan fingerprint density at radius 3 is 2.71 bits per heavy atom. The number of fused-ring (bicyclic) bond motifs is 1. The van der Waals surface area contributed by atoms with Crippen molar-refractivity contribution in [1.29, 1.82) is 0 Å². The third-order valence-corrected chi connectivity index (χ3v) is 5.41. The lowest BCUT2D eigenvalue weighted by Gasteiger charge is -2.17. The molecule has 5 heteroatoms. The molecule has 2 N–H and O–H groups in total. The number of rotatable bonds is 6. The molecular formula is C26H28N2O3. The van der Waals surface area contributed by atoms with Crippen LogP contribution in [0.2, 0.25) is 0 Å². The van der Waals surface area contributed by atoms with Crippen molar-refractivity contribution in [2.45, 2.75) is 32.6 Å². The first-order valence-corrected chi connectivity index (χ1v) is 10.7. The average molecular weight is 417 g/mol. The lowest BCUT2D eigenvalue weighted by atomic mass is 10.00. The number of carbonyl (C=O) groups excluding carboxylic acids is 1. The van der Waals surface area contributed by atoms with Gasteiger partial charge >= 0.3 is 6.03 Å². The molecule has 0 radical (unpaired) electrons. The summed E-state index contributed by atoms with van der Waals surface area (Å²) in [6.45, 7) is 5.21. The molecule has 1 saturated heterocycles. The third kappa shape index (κ3) is 5.32. The van der Waals surface area contributed by atoms with E-state index in [0.29, 0.717) is 13.2 Å². The molecule has 1 unspecified atom stereocenters. The van der Waals surface area contributed by atoms with Gasteiger partial charge in [0, 0.05) is 18.7 Å². The van der Waals surface area contributed by atoms with Crippen LogP contribution >= 0.6 is 0 Å². The molecule has 3 aromatic carbocycles. The second-order valence-electron chi connectivity index (χ2n) is 7.71. The van der Waals surface area contributed by atoms with E-state index in [9.17, 15) is 4.79 Å². The molecule has 5 nitrogen and oxygen atoms in total. The van der Waals surface area contributed by atoms with Crippen molar-refractivity contribution >= 4 is 28.6 Å². The van der Waals surface area contributed by atoms with Crippen LogP contribution in [0.3, 0.4) is 0 Å². The molecule has 160 valence electrons. The number of anilines is 1. The van der Waals surface area contributed by atoms with E-state index in [2.05, 4.69) is 41.0 Å². The van der Waals surface area contributed by atoms with E-state index in [1.54, 1.807) is 0 Å². The zero-order valence-electron chi connectivity index (χ0n) is 17.9. The summed E-state index contributed by atoms with van der Waals surface area (Å²) in [4.78, 5) is 12.5. The fourth-order valence-electron chi connectivity index (χ4n) is 3.89. The van der Waals surface area contributed by atoms with Crippen LogP contribution < -0.4 is 10.6 Å². The van der Waals surface area contributed by atoms with Crippen LogP contribution in [-0.2, 0) is 9.47 Å². The Kier molecular flexibility index (Phi) is 6.65. The number of hydrogen-bond acceptors (Lipinski definition) is 3. The highest BCUT2D eigenvalue weighted by molar-refractivity contribution is 5.91. The number of nitrogens with one attached hydrogen (secondary N) is 2. The Morgan fingerprint density at radius 1 is 1.13 bits per heavy atom. The van der Waals surface area contributed by atoms with Crippen molar-refractivity contribution < 1.29 is 14.3 Å². The van der Waals surface area contributed by atoms with Crippen LogP contribution in [0.1, 0.15) is 37.4 Å². The van der Waals surface area contributed by atoms with Crippen molar-refractivity contribution in [2.24, 2.45) is 0 Å². The van der Waals surface area contributed by atoms with Gasteiger partial charge in [0.25, 0.3) is 0 Å². The SMILES string of the molecule is CCOC1C/C(=C/c2ccc(NC(=O)N[C@H](C)c3cccc4ccccc34)cc2)CO1. The Bertz CT molecular complexity index is 1070. The summed E-state index contributed by atoms with van der Waals surface area (Å²) in [5, 5.41) is 8.27. The van der Waals surface area contributed by atoms with Gasteiger partial charge in [-0.3, -0.25) is 0 Å². The number of urea groups is 1. The molecule has 0 aromatic heterocycles. The summed E-state index contributed by atoms with van der Waals surface area (Å²) in [6, 6.07) is 21.8. The lowest BCUT2D eigenvalue weighted by Crippen LogP contribution is -2.31. The predicted molar refractivity (Wildman–Crippen MR) is 125 cm³/mol. The first-order chi connectivity index (χ1) is 15.1. The topological polar surface area (TPSA) is 59.6 Å². The number of ether oxygens (including phenoxy) is 2. The van der Waals surface area contributed by atoms with Gasteiger partial charge in [0.05, 0.1) is 12.6 Å². The molecule has 1 fully saturated rings. The van der Waals surface area contributed by atoms with Crippen LogP contribution in [0.4, 0.5) is 10.5 Å². The van der Waals surface area contributed by atoms with E-state index in [1.165, 1.54) is 11.0 Å². The minimum atomic E-state index is -0.227. The first-order valence-electron chi connectivity index (χ1n) is 10.7. The maximum Gasteiger partial charge on any atom is 0.319 e. The molecule has 3 aromatic rings. The molecule has 2 amide bonds. The lowest BCUT2D eigenvalue weighted by molar-refractivity contribution is -0.106. The molecule has 1 aliphatic rings.